The number of ketones is 3. The van der Waals surface area contributed by atoms with Crippen molar-refractivity contribution >= 4 is 17.3 Å². The van der Waals surface area contributed by atoms with Crippen molar-refractivity contribution < 1.29 is 14.4 Å². The van der Waals surface area contributed by atoms with Gasteiger partial charge in [0.15, 0.2) is 0 Å². The number of carbonyl (C=O) groups is 3. The highest BCUT2D eigenvalue weighted by Crippen LogP contribution is 1.89. The van der Waals surface area contributed by atoms with Crippen LogP contribution in [0.25, 0.3) is 0 Å². The minimum Gasteiger partial charge on any atom is -0.300 e. The van der Waals surface area contributed by atoms with Crippen LogP contribution in [-0.2, 0) is 14.4 Å². The average molecular weight is 244 g/mol. The Morgan fingerprint density at radius 2 is 1.18 bits per heavy atom. The Balaban J connectivity index is -0.000000174. The van der Waals surface area contributed by atoms with Crippen LogP contribution in [0.5, 0.6) is 0 Å². The van der Waals surface area contributed by atoms with Gasteiger partial charge in [0.2, 0.25) is 0 Å². The van der Waals surface area contributed by atoms with Gasteiger partial charge in [-0.3, -0.25) is 4.79 Å². The summed E-state index contributed by atoms with van der Waals surface area (Å²) >= 11 is 0. The van der Waals surface area contributed by atoms with E-state index in [0.717, 1.165) is 12.8 Å². The van der Waals surface area contributed by atoms with Crippen molar-refractivity contribution in [3.63, 3.8) is 0 Å². The lowest BCUT2D eigenvalue weighted by molar-refractivity contribution is -0.120. The van der Waals surface area contributed by atoms with Crippen molar-refractivity contribution in [1.82, 2.24) is 0 Å². The summed E-state index contributed by atoms with van der Waals surface area (Å²) in [4.78, 5) is 30.0. The van der Waals surface area contributed by atoms with Gasteiger partial charge in [0, 0.05) is 18.8 Å². The first-order valence-corrected chi connectivity index (χ1v) is 6.18. The molecule has 0 aliphatic heterocycles. The number of carbonyl (C=O) groups excluding carboxylic acids is 3. The zero-order valence-corrected chi connectivity index (χ0v) is 12.4. The van der Waals surface area contributed by atoms with E-state index in [0.29, 0.717) is 6.42 Å². The smallest absolute Gasteiger partial charge is 0.132 e. The Hall–Kier alpha value is -0.990. The summed E-state index contributed by atoms with van der Waals surface area (Å²) in [5, 5.41) is 0. The lowest BCUT2D eigenvalue weighted by Gasteiger charge is -1.90. The molecule has 17 heavy (non-hydrogen) atoms. The van der Waals surface area contributed by atoms with Crippen LogP contribution in [0.3, 0.4) is 0 Å². The molecule has 0 radical (unpaired) electrons. The monoisotopic (exact) mass is 244 g/mol. The van der Waals surface area contributed by atoms with Crippen LogP contribution in [0.1, 0.15) is 67.7 Å². The second-order valence-corrected chi connectivity index (χ2v) is 4.27. The van der Waals surface area contributed by atoms with Gasteiger partial charge in [-0.15, -0.1) is 0 Å². The number of hydrogen-bond acceptors (Lipinski definition) is 3. The molecule has 0 saturated carbocycles. The van der Waals surface area contributed by atoms with Gasteiger partial charge < -0.3 is 9.59 Å². The fourth-order valence-corrected chi connectivity index (χ4v) is 0.352. The quantitative estimate of drug-likeness (QED) is 0.759. The molecule has 3 heteroatoms. The molecule has 0 spiro atoms. The first-order valence-electron chi connectivity index (χ1n) is 6.18. The minimum absolute atomic E-state index is 0.213. The van der Waals surface area contributed by atoms with Crippen LogP contribution in [0.2, 0.25) is 0 Å². The van der Waals surface area contributed by atoms with Gasteiger partial charge in [-0.2, -0.15) is 0 Å². The summed E-state index contributed by atoms with van der Waals surface area (Å²) in [6.45, 7) is 12.4. The van der Waals surface area contributed by atoms with Crippen molar-refractivity contribution in [3.05, 3.63) is 0 Å². The first kappa shape index (κ1) is 21.3. The molecule has 0 fully saturated rings. The molecule has 0 unspecified atom stereocenters. The predicted molar refractivity (Wildman–Crippen MR) is 72.1 cm³/mol. The van der Waals surface area contributed by atoms with Gasteiger partial charge in [0.1, 0.15) is 17.3 Å². The Morgan fingerprint density at radius 1 is 0.882 bits per heavy atom. The molecule has 0 amide bonds. The predicted octanol–water partition coefficient (Wildman–Crippen LogP) is 3.59. The van der Waals surface area contributed by atoms with Crippen molar-refractivity contribution in [2.24, 2.45) is 5.92 Å². The summed E-state index contributed by atoms with van der Waals surface area (Å²) in [5.41, 5.74) is 0. The third-order valence-corrected chi connectivity index (χ3v) is 1.91. The van der Waals surface area contributed by atoms with Gasteiger partial charge in [0.25, 0.3) is 0 Å². The normalized spacial score (nSPS) is 8.47. The molecule has 0 aliphatic rings. The number of rotatable bonds is 4. The molecular weight excluding hydrogens is 216 g/mol. The molecular formula is C14H28O3. The maximum atomic E-state index is 10.1. The SMILES string of the molecule is CC(=O)C(C)C.CCC(C)=O.CCCC(C)=O. The molecule has 0 bridgehead atoms. The molecule has 0 rings (SSSR count). The van der Waals surface area contributed by atoms with Gasteiger partial charge in [-0.25, -0.2) is 0 Å². The second kappa shape index (κ2) is 15.0. The van der Waals surface area contributed by atoms with Gasteiger partial charge in [0.05, 0.1) is 0 Å². The molecule has 102 valence electrons. The Bertz CT molecular complexity index is 218. The fourth-order valence-electron chi connectivity index (χ4n) is 0.352. The van der Waals surface area contributed by atoms with Crippen molar-refractivity contribution in [2.75, 3.05) is 0 Å². The van der Waals surface area contributed by atoms with Crippen LogP contribution in [0, 0.1) is 5.92 Å². The van der Waals surface area contributed by atoms with Gasteiger partial charge in [-0.1, -0.05) is 27.7 Å². The summed E-state index contributed by atoms with van der Waals surface area (Å²) in [5.74, 6) is 1.02. The van der Waals surface area contributed by atoms with Crippen molar-refractivity contribution in [1.29, 1.82) is 0 Å². The molecule has 0 heterocycles. The highest BCUT2D eigenvalue weighted by atomic mass is 16.1. The average Bonchev–Trinajstić information content (AvgIpc) is 2.19. The zero-order valence-electron chi connectivity index (χ0n) is 12.4. The van der Waals surface area contributed by atoms with Gasteiger partial charge >= 0.3 is 0 Å². The summed E-state index contributed by atoms with van der Waals surface area (Å²) < 4.78 is 0. The van der Waals surface area contributed by atoms with E-state index in [1.165, 1.54) is 0 Å². The zero-order chi connectivity index (χ0) is 14.4. The van der Waals surface area contributed by atoms with E-state index in [-0.39, 0.29) is 23.3 Å². The van der Waals surface area contributed by atoms with Crippen LogP contribution in [0.4, 0.5) is 0 Å². The van der Waals surface area contributed by atoms with E-state index in [4.69, 9.17) is 0 Å². The third kappa shape index (κ3) is 39.6. The van der Waals surface area contributed by atoms with E-state index in [2.05, 4.69) is 0 Å². The molecule has 0 saturated heterocycles. The largest absolute Gasteiger partial charge is 0.300 e. The fraction of sp³-hybridized carbons (Fsp3) is 0.786. The topological polar surface area (TPSA) is 51.2 Å². The Kier molecular flexibility index (Phi) is 18.8. The number of Topliss-reactive ketones (excluding diaryl/α,β-unsaturated/α-hetero) is 3. The van der Waals surface area contributed by atoms with E-state index in [1.807, 2.05) is 27.7 Å². The van der Waals surface area contributed by atoms with E-state index in [9.17, 15) is 14.4 Å². The van der Waals surface area contributed by atoms with E-state index >= 15 is 0 Å². The maximum Gasteiger partial charge on any atom is 0.132 e. The summed E-state index contributed by atoms with van der Waals surface area (Å²) in [6, 6.07) is 0. The molecule has 0 aliphatic carbocycles. The molecule has 3 nitrogen and oxygen atoms in total. The Labute approximate surface area is 106 Å². The highest BCUT2D eigenvalue weighted by molar-refractivity contribution is 5.77. The summed E-state index contributed by atoms with van der Waals surface area (Å²) in [7, 11) is 0. The third-order valence-electron chi connectivity index (χ3n) is 1.91. The molecule has 0 aromatic heterocycles. The van der Waals surface area contributed by atoms with Crippen LogP contribution in [0.15, 0.2) is 0 Å². The molecule has 0 aromatic rings. The minimum atomic E-state index is 0.213. The van der Waals surface area contributed by atoms with Crippen LogP contribution < -0.4 is 0 Å². The number of hydrogen-bond donors (Lipinski definition) is 0. The molecule has 0 aromatic carbocycles. The van der Waals surface area contributed by atoms with Crippen LogP contribution in [-0.4, -0.2) is 17.3 Å². The van der Waals surface area contributed by atoms with Crippen molar-refractivity contribution in [3.8, 4) is 0 Å². The first-order chi connectivity index (χ1) is 7.68. The van der Waals surface area contributed by atoms with Crippen LogP contribution >= 0.6 is 0 Å². The van der Waals surface area contributed by atoms with E-state index in [1.54, 1.807) is 20.8 Å². The lowest BCUT2D eigenvalue weighted by atomic mass is 10.1. The van der Waals surface area contributed by atoms with Gasteiger partial charge in [-0.05, 0) is 27.2 Å². The summed E-state index contributed by atoms with van der Waals surface area (Å²) in [6.07, 6.45) is 2.38. The lowest BCUT2D eigenvalue weighted by Crippen LogP contribution is -1.98. The highest BCUT2D eigenvalue weighted by Gasteiger charge is 1.95. The second-order valence-electron chi connectivity index (χ2n) is 4.27. The molecule has 0 N–H and O–H groups in total. The van der Waals surface area contributed by atoms with E-state index < -0.39 is 0 Å². The van der Waals surface area contributed by atoms with Crippen molar-refractivity contribution in [2.45, 2.75) is 67.7 Å². The maximum absolute atomic E-state index is 10.1. The standard InChI is InChI=1S/2C5H10O.C4H8O/c1-4(2)5(3)6;1-3-4-5(2)6;1-3-4(2)5/h4H,1-3H3;3-4H2,1-2H3;3H2,1-2H3. The molecule has 0 atom stereocenters. The Morgan fingerprint density at radius 3 is 1.18 bits per heavy atom.